The van der Waals surface area contributed by atoms with Crippen LogP contribution in [0.2, 0.25) is 0 Å². The van der Waals surface area contributed by atoms with Gasteiger partial charge in [-0.2, -0.15) is 0 Å². The van der Waals surface area contributed by atoms with Crippen LogP contribution in [0.3, 0.4) is 0 Å². The number of ether oxygens (including phenoxy) is 3. The number of anilines is 2. The molecule has 0 bridgehead atoms. The highest BCUT2D eigenvalue weighted by Gasteiger charge is 2.56. The van der Waals surface area contributed by atoms with E-state index in [4.69, 9.17) is 52.8 Å². The van der Waals surface area contributed by atoms with Crippen LogP contribution in [0.25, 0.3) is 22.3 Å². The number of fused-ring (bicyclic) bond motifs is 4. The Hall–Kier alpha value is -4.32. The molecule has 3 aliphatic carbocycles. The molecule has 4 aromatic rings. The average molecular weight is 969 g/mol. The van der Waals surface area contributed by atoms with Gasteiger partial charge in [-0.25, -0.2) is 56.9 Å². The Morgan fingerprint density at radius 1 is 0.712 bits per heavy atom. The molecule has 23 nitrogen and oxygen atoms in total. The van der Waals surface area contributed by atoms with Crippen LogP contribution >= 0.6 is 15.6 Å². The predicted octanol–water partition coefficient (Wildman–Crippen LogP) is 5.97. The Kier molecular flexibility index (Phi) is 13.2. The second kappa shape index (κ2) is 18.6. The van der Waals surface area contributed by atoms with Crippen molar-refractivity contribution in [2.45, 2.75) is 127 Å². The van der Waals surface area contributed by atoms with Gasteiger partial charge in [0.2, 0.25) is 13.6 Å². The second-order valence-corrected chi connectivity index (χ2v) is 21.2. The third kappa shape index (κ3) is 9.17. The van der Waals surface area contributed by atoms with E-state index < -0.39 is 114 Å². The summed E-state index contributed by atoms with van der Waals surface area (Å²) >= 11 is 0. The lowest BCUT2D eigenvalue weighted by Gasteiger charge is -2.32. The highest BCUT2D eigenvalue weighted by molar-refractivity contribution is 7.48. The highest BCUT2D eigenvalue weighted by Crippen LogP contribution is 2.60. The smallest absolute Gasteiger partial charge is 0.437 e. The molecule has 0 aromatic carbocycles. The minimum absolute atomic E-state index is 0.00726. The molecule has 0 radical (unpaired) electrons. The molecule has 2 aliphatic heterocycles. The van der Waals surface area contributed by atoms with Gasteiger partial charge in [-0.05, 0) is 46.0 Å². The molecule has 4 unspecified atom stereocenters. The Labute approximate surface area is 376 Å². The molecule has 9 rings (SSSR count). The number of nitrogens with two attached hydrogens (primary N) is 2. The highest BCUT2D eigenvalue weighted by atomic mass is 31.2. The van der Waals surface area contributed by atoms with Crippen molar-refractivity contribution in [2.24, 2.45) is 16.7 Å². The van der Waals surface area contributed by atoms with Crippen molar-refractivity contribution in [3.05, 3.63) is 25.3 Å². The van der Waals surface area contributed by atoms with E-state index in [1.807, 2.05) is 0 Å². The van der Waals surface area contributed by atoms with Crippen LogP contribution in [0.5, 0.6) is 0 Å². The number of carbonyl (C=O) groups is 2. The van der Waals surface area contributed by atoms with Crippen LogP contribution in [0.4, 0.5) is 20.4 Å². The van der Waals surface area contributed by atoms with Crippen LogP contribution in [0.15, 0.2) is 25.3 Å². The van der Waals surface area contributed by atoms with E-state index >= 15 is 8.78 Å². The number of hydrogen-bond acceptors (Lipinski definition) is 21. The van der Waals surface area contributed by atoms with Crippen molar-refractivity contribution in [1.29, 1.82) is 0 Å². The van der Waals surface area contributed by atoms with E-state index in [0.717, 1.165) is 44.9 Å². The van der Waals surface area contributed by atoms with E-state index in [-0.39, 0.29) is 40.4 Å². The zero-order chi connectivity index (χ0) is 46.4. The fourth-order valence-corrected chi connectivity index (χ4v) is 12.1. The standard InChI is InChI=1S/C39H52F2N10O13P2/c1-38(9-5-3-6-10-38)36(52)56-20-60-65(54)58-14-22-13-23(50-18-48-27-31(42)44-16-46-33(27)50)25(40)29(22)63-66(55,61-21-57-37(53)39(2)11-7-4-8-12-39)59-15-24-30(64-65)26(41)35(62-24)51-19-49-28-32(43)45-17-47-34(28)51/h16-19,22-26,29-30,35H,3-15,20-21H2,1-2H3,(H2,42,44,46)(H2,43,45,47)/t22-,23-,24-,25?,26?,29+,30+,35-,65?,66?/m1/s1. The summed E-state index contributed by atoms with van der Waals surface area (Å²) in [5.74, 6) is -2.33. The van der Waals surface area contributed by atoms with Crippen molar-refractivity contribution in [3.63, 3.8) is 0 Å². The topological polar surface area (TPSA) is 291 Å². The third-order valence-electron chi connectivity index (χ3n) is 13.4. The first-order chi connectivity index (χ1) is 31.6. The number of phosphoric ester groups is 2. The van der Waals surface area contributed by atoms with Gasteiger partial charge in [-0.1, -0.05) is 38.5 Å². The number of halogens is 2. The summed E-state index contributed by atoms with van der Waals surface area (Å²) < 4.78 is 118. The fraction of sp³-hybridized carbons (Fsp3) is 0.692. The molecule has 0 amide bonds. The van der Waals surface area contributed by atoms with Gasteiger partial charge >= 0.3 is 27.6 Å². The molecular weight excluding hydrogens is 916 g/mol. The quantitative estimate of drug-likeness (QED) is 0.105. The van der Waals surface area contributed by atoms with Gasteiger partial charge in [0.1, 0.15) is 48.2 Å². The van der Waals surface area contributed by atoms with E-state index in [0.29, 0.717) is 25.7 Å². The maximum Gasteiger partial charge on any atom is 0.478 e. The van der Waals surface area contributed by atoms with E-state index in [1.165, 1.54) is 28.1 Å². The van der Waals surface area contributed by atoms with Crippen LogP contribution < -0.4 is 11.5 Å². The fourth-order valence-electron chi connectivity index (χ4n) is 9.53. The molecule has 5 fully saturated rings. The van der Waals surface area contributed by atoms with E-state index in [2.05, 4.69) is 29.9 Å². The zero-order valence-electron chi connectivity index (χ0n) is 36.2. The van der Waals surface area contributed by atoms with Crippen LogP contribution in [0, 0.1) is 16.7 Å². The molecule has 3 saturated carbocycles. The largest absolute Gasteiger partial charge is 0.478 e. The average Bonchev–Trinajstić information content (AvgIpc) is 4.07. The summed E-state index contributed by atoms with van der Waals surface area (Å²) in [6.45, 7) is 0.119. The number of carbonyl (C=O) groups excluding carboxylic acids is 2. The third-order valence-corrected chi connectivity index (χ3v) is 16.2. The summed E-state index contributed by atoms with van der Waals surface area (Å²) in [4.78, 5) is 51.3. The molecule has 0 spiro atoms. The van der Waals surface area contributed by atoms with Gasteiger partial charge in [-0.15, -0.1) is 0 Å². The molecule has 27 heteroatoms. The molecule has 360 valence electrons. The number of alkyl halides is 2. The normalized spacial score (nSPS) is 33.6. The van der Waals surface area contributed by atoms with Gasteiger partial charge in [0.25, 0.3) is 0 Å². The van der Waals surface area contributed by atoms with Gasteiger partial charge in [0.15, 0.2) is 35.3 Å². The molecule has 6 heterocycles. The lowest BCUT2D eigenvalue weighted by molar-refractivity contribution is -0.165. The van der Waals surface area contributed by atoms with Crippen molar-refractivity contribution in [1.82, 2.24) is 39.0 Å². The molecule has 5 aliphatic rings. The van der Waals surface area contributed by atoms with Gasteiger partial charge < -0.3 is 30.2 Å². The molecule has 4 aromatic heterocycles. The summed E-state index contributed by atoms with van der Waals surface area (Å²) in [5.41, 5.74) is 10.9. The molecule has 66 heavy (non-hydrogen) atoms. The lowest BCUT2D eigenvalue weighted by Crippen LogP contribution is -2.37. The summed E-state index contributed by atoms with van der Waals surface area (Å²) in [6, 6.07) is -1.15. The van der Waals surface area contributed by atoms with E-state index in [9.17, 15) is 18.7 Å². The van der Waals surface area contributed by atoms with Crippen molar-refractivity contribution < 1.29 is 68.9 Å². The first kappa shape index (κ1) is 46.8. The monoisotopic (exact) mass is 968 g/mol. The Balaban J connectivity index is 1.04. The van der Waals surface area contributed by atoms with E-state index in [1.54, 1.807) is 13.8 Å². The number of phosphoric acid groups is 2. The first-order valence-corrected chi connectivity index (χ1v) is 24.8. The lowest BCUT2D eigenvalue weighted by atomic mass is 9.76. The Morgan fingerprint density at radius 2 is 1.21 bits per heavy atom. The molecule has 4 N–H and O–H groups in total. The van der Waals surface area contributed by atoms with Crippen molar-refractivity contribution in [3.8, 4) is 0 Å². The van der Waals surface area contributed by atoms with Crippen molar-refractivity contribution >= 4 is 61.5 Å². The second-order valence-electron chi connectivity index (χ2n) is 17.9. The summed E-state index contributed by atoms with van der Waals surface area (Å²) in [6.07, 6.45) is 0.947. The van der Waals surface area contributed by atoms with Crippen LogP contribution in [-0.4, -0.2) is 108 Å². The number of imidazole rings is 2. The Morgan fingerprint density at radius 3 is 1.77 bits per heavy atom. The van der Waals surface area contributed by atoms with Gasteiger partial charge in [0, 0.05) is 5.92 Å². The minimum Gasteiger partial charge on any atom is -0.437 e. The van der Waals surface area contributed by atoms with Crippen LogP contribution in [-0.2, 0) is 60.1 Å². The number of aromatic nitrogens is 8. The number of esters is 2. The van der Waals surface area contributed by atoms with Crippen molar-refractivity contribution in [2.75, 3.05) is 38.3 Å². The molecular formula is C39H52F2N10O13P2. The Bertz CT molecular complexity index is 2360. The minimum atomic E-state index is -5.04. The van der Waals surface area contributed by atoms with Gasteiger partial charge in [-0.3, -0.25) is 32.3 Å². The number of hydrogen-bond donors (Lipinski definition) is 2. The molecule has 10 atom stereocenters. The SMILES string of the molecule is CC1(C(=O)OCOP2(=O)OC[C@H]3O[C@@H](n4cnc5c(N)ncnc54)C(F)[C@H]3OP(=O)(OCOC(=O)C3(C)CCCCC3)OC[C@H]3C[C@@H](n4cnc5c(N)ncnc54)C(F)[C@H]3O2)CCCCC1. The maximum absolute atomic E-state index is 17.1. The number of rotatable bonds is 10. The predicted molar refractivity (Wildman–Crippen MR) is 224 cm³/mol. The number of nitrogens with zero attached hydrogens (tertiary/aromatic N) is 8. The summed E-state index contributed by atoms with van der Waals surface area (Å²) in [5, 5.41) is 0. The maximum atomic E-state index is 17.1. The molecule has 2 saturated heterocycles. The summed E-state index contributed by atoms with van der Waals surface area (Å²) in [7, 11) is -10.1. The zero-order valence-corrected chi connectivity index (χ0v) is 38.0. The van der Waals surface area contributed by atoms with Crippen LogP contribution in [0.1, 0.15) is 96.7 Å². The first-order valence-electron chi connectivity index (χ1n) is 21.9. The van der Waals surface area contributed by atoms with Gasteiger partial charge in [0.05, 0.1) is 42.7 Å². The number of nitrogen functional groups attached to an aromatic ring is 2.